The summed E-state index contributed by atoms with van der Waals surface area (Å²) in [4.78, 5) is 0. The lowest BCUT2D eigenvalue weighted by Gasteiger charge is -2.43. The van der Waals surface area contributed by atoms with Crippen molar-refractivity contribution in [1.82, 2.24) is 0 Å². The number of ether oxygens (including phenoxy) is 1. The second-order valence-corrected chi connectivity index (χ2v) is 6.38. The molecule has 0 radical (unpaired) electrons. The maximum absolute atomic E-state index is 10.3. The molecular weight excluding hydrogens is 232 g/mol. The van der Waals surface area contributed by atoms with Crippen molar-refractivity contribution in [3.63, 3.8) is 0 Å². The minimum atomic E-state index is -0.359. The molecule has 0 aliphatic carbocycles. The quantitative estimate of drug-likeness (QED) is 0.767. The Morgan fingerprint density at radius 2 is 2.12 bits per heavy atom. The minimum Gasteiger partial charge on any atom is -0.487 e. The molecule has 0 amide bonds. The number of thioether (sulfide) groups is 1. The molecule has 1 N–H and O–H groups in total. The zero-order chi connectivity index (χ0) is 11.9. The van der Waals surface area contributed by atoms with E-state index in [4.69, 9.17) is 4.74 Å². The standard InChI is InChI=1S/C14H18O2S/c1-10-2-3-13-11(8-10)12(15)9-14(16-13)4-6-17-7-5-14/h2-3,8,12,15H,4-7,9H2,1H3/t12-/m1/s1. The van der Waals surface area contributed by atoms with Crippen LogP contribution in [0.1, 0.15) is 36.5 Å². The van der Waals surface area contributed by atoms with Gasteiger partial charge in [-0.25, -0.2) is 0 Å². The largest absolute Gasteiger partial charge is 0.487 e. The van der Waals surface area contributed by atoms with Crippen molar-refractivity contribution < 1.29 is 9.84 Å². The first kappa shape index (κ1) is 11.4. The predicted molar refractivity (Wildman–Crippen MR) is 70.7 cm³/mol. The van der Waals surface area contributed by atoms with E-state index in [9.17, 15) is 5.11 Å². The fourth-order valence-corrected chi connectivity index (χ4v) is 4.04. The molecule has 2 nitrogen and oxygen atoms in total. The number of aliphatic hydroxyl groups is 1. The number of rotatable bonds is 0. The SMILES string of the molecule is Cc1ccc2c(c1)[C@H](O)CC1(CCSCC1)O2. The second-order valence-electron chi connectivity index (χ2n) is 5.16. The van der Waals surface area contributed by atoms with Crippen LogP contribution in [0.15, 0.2) is 18.2 Å². The van der Waals surface area contributed by atoms with Crippen LogP contribution in [0.3, 0.4) is 0 Å². The molecule has 0 aromatic heterocycles. The van der Waals surface area contributed by atoms with Crippen LogP contribution in [-0.2, 0) is 0 Å². The summed E-state index contributed by atoms with van der Waals surface area (Å²) < 4.78 is 6.21. The predicted octanol–water partition coefficient (Wildman–Crippen LogP) is 3.08. The summed E-state index contributed by atoms with van der Waals surface area (Å²) in [6, 6.07) is 6.11. The van der Waals surface area contributed by atoms with Crippen LogP contribution in [0.4, 0.5) is 0 Å². The Bertz CT molecular complexity index is 424. The summed E-state index contributed by atoms with van der Waals surface area (Å²) in [5.74, 6) is 3.18. The summed E-state index contributed by atoms with van der Waals surface area (Å²) in [6.45, 7) is 2.05. The van der Waals surface area contributed by atoms with E-state index in [2.05, 4.69) is 13.0 Å². The number of fused-ring (bicyclic) bond motifs is 1. The number of hydrogen-bond donors (Lipinski definition) is 1. The van der Waals surface area contributed by atoms with E-state index >= 15 is 0 Å². The van der Waals surface area contributed by atoms with E-state index in [1.165, 1.54) is 5.56 Å². The number of aliphatic hydroxyl groups excluding tert-OH is 1. The Labute approximate surface area is 106 Å². The molecule has 2 heterocycles. The van der Waals surface area contributed by atoms with Gasteiger partial charge in [0, 0.05) is 12.0 Å². The average Bonchev–Trinajstić information content (AvgIpc) is 2.31. The van der Waals surface area contributed by atoms with Crippen LogP contribution in [0, 0.1) is 6.92 Å². The first-order chi connectivity index (χ1) is 8.19. The average molecular weight is 250 g/mol. The normalized spacial score (nSPS) is 26.4. The Morgan fingerprint density at radius 1 is 1.35 bits per heavy atom. The minimum absolute atomic E-state index is 0.104. The third kappa shape index (κ3) is 2.06. The molecule has 17 heavy (non-hydrogen) atoms. The van der Waals surface area contributed by atoms with Crippen molar-refractivity contribution in [1.29, 1.82) is 0 Å². The Balaban J connectivity index is 1.94. The number of aryl methyl sites for hydroxylation is 1. The molecule has 2 aliphatic heterocycles. The molecule has 0 bridgehead atoms. The van der Waals surface area contributed by atoms with Gasteiger partial charge in [0.15, 0.2) is 0 Å². The molecule has 0 unspecified atom stereocenters. The van der Waals surface area contributed by atoms with Crippen molar-refractivity contribution in [3.05, 3.63) is 29.3 Å². The Kier molecular flexibility index (Phi) is 2.83. The first-order valence-corrected chi connectivity index (χ1v) is 7.39. The third-order valence-electron chi connectivity index (χ3n) is 3.82. The van der Waals surface area contributed by atoms with Crippen molar-refractivity contribution in [3.8, 4) is 5.75 Å². The molecule has 1 aromatic carbocycles. The first-order valence-electron chi connectivity index (χ1n) is 6.24. The fourth-order valence-electron chi connectivity index (χ4n) is 2.81. The highest BCUT2D eigenvalue weighted by Crippen LogP contribution is 2.45. The van der Waals surface area contributed by atoms with Crippen molar-refractivity contribution >= 4 is 11.8 Å². The van der Waals surface area contributed by atoms with Crippen molar-refractivity contribution in [2.45, 2.75) is 37.9 Å². The summed E-state index contributed by atoms with van der Waals surface area (Å²) >= 11 is 1.99. The van der Waals surface area contributed by atoms with Gasteiger partial charge in [-0.05, 0) is 43.4 Å². The van der Waals surface area contributed by atoms with E-state index in [1.54, 1.807) is 0 Å². The van der Waals surface area contributed by atoms with E-state index < -0.39 is 0 Å². The van der Waals surface area contributed by atoms with Crippen LogP contribution in [-0.4, -0.2) is 22.2 Å². The van der Waals surface area contributed by atoms with Gasteiger partial charge in [-0.3, -0.25) is 0 Å². The third-order valence-corrected chi connectivity index (χ3v) is 4.81. The summed E-state index contributed by atoms with van der Waals surface area (Å²) in [5, 5.41) is 10.3. The molecule has 1 fully saturated rings. The number of hydrogen-bond acceptors (Lipinski definition) is 3. The van der Waals surface area contributed by atoms with Crippen LogP contribution in [0.5, 0.6) is 5.75 Å². The van der Waals surface area contributed by atoms with Gasteiger partial charge in [-0.15, -0.1) is 0 Å². The topological polar surface area (TPSA) is 29.5 Å². The Morgan fingerprint density at radius 3 is 2.88 bits per heavy atom. The van der Waals surface area contributed by atoms with Gasteiger partial charge in [0.2, 0.25) is 0 Å². The summed E-state index contributed by atoms with van der Waals surface area (Å²) in [7, 11) is 0. The molecule has 2 aliphatic rings. The van der Waals surface area contributed by atoms with Gasteiger partial charge >= 0.3 is 0 Å². The van der Waals surface area contributed by atoms with Gasteiger partial charge in [-0.2, -0.15) is 11.8 Å². The Hall–Kier alpha value is -0.670. The smallest absolute Gasteiger partial charge is 0.125 e. The number of benzene rings is 1. The molecule has 1 saturated heterocycles. The maximum Gasteiger partial charge on any atom is 0.125 e. The highest BCUT2D eigenvalue weighted by Gasteiger charge is 2.41. The van der Waals surface area contributed by atoms with Crippen LogP contribution < -0.4 is 4.74 Å². The molecular formula is C14H18O2S. The van der Waals surface area contributed by atoms with Gasteiger partial charge in [0.1, 0.15) is 11.4 Å². The van der Waals surface area contributed by atoms with E-state index in [0.717, 1.165) is 42.1 Å². The van der Waals surface area contributed by atoms with Crippen molar-refractivity contribution in [2.75, 3.05) is 11.5 Å². The molecule has 1 atom stereocenters. The van der Waals surface area contributed by atoms with Crippen LogP contribution in [0.25, 0.3) is 0 Å². The summed E-state index contributed by atoms with van der Waals surface area (Å²) in [5.41, 5.74) is 2.04. The van der Waals surface area contributed by atoms with E-state index in [-0.39, 0.29) is 11.7 Å². The van der Waals surface area contributed by atoms with Crippen molar-refractivity contribution in [2.24, 2.45) is 0 Å². The molecule has 1 aromatic rings. The highest BCUT2D eigenvalue weighted by atomic mass is 32.2. The molecule has 0 saturated carbocycles. The van der Waals surface area contributed by atoms with E-state index in [0.29, 0.717) is 0 Å². The van der Waals surface area contributed by atoms with Crippen LogP contribution >= 0.6 is 11.8 Å². The molecule has 1 spiro atoms. The summed E-state index contributed by atoms with van der Waals surface area (Å²) in [6.07, 6.45) is 2.51. The maximum atomic E-state index is 10.3. The van der Waals surface area contributed by atoms with Gasteiger partial charge in [-0.1, -0.05) is 11.6 Å². The zero-order valence-corrected chi connectivity index (χ0v) is 10.9. The lowest BCUT2D eigenvalue weighted by atomic mass is 9.84. The van der Waals surface area contributed by atoms with Gasteiger partial charge in [0.05, 0.1) is 6.10 Å². The fraction of sp³-hybridized carbons (Fsp3) is 0.571. The highest BCUT2D eigenvalue weighted by molar-refractivity contribution is 7.99. The van der Waals surface area contributed by atoms with Crippen LogP contribution in [0.2, 0.25) is 0 Å². The lowest BCUT2D eigenvalue weighted by molar-refractivity contribution is -0.0198. The lowest BCUT2D eigenvalue weighted by Crippen LogP contribution is -2.44. The molecule has 3 heteroatoms. The van der Waals surface area contributed by atoms with Gasteiger partial charge < -0.3 is 9.84 Å². The molecule has 3 rings (SSSR count). The monoisotopic (exact) mass is 250 g/mol. The van der Waals surface area contributed by atoms with E-state index in [1.807, 2.05) is 23.9 Å². The molecule has 92 valence electrons. The zero-order valence-electron chi connectivity index (χ0n) is 10.1. The van der Waals surface area contributed by atoms with Gasteiger partial charge in [0.25, 0.3) is 0 Å². The second kappa shape index (κ2) is 4.21.